The molecule has 0 aliphatic carbocycles. The summed E-state index contributed by atoms with van der Waals surface area (Å²) in [5.41, 5.74) is 3.24. The number of pyridine rings is 1. The third-order valence-electron chi connectivity index (χ3n) is 2.35. The van der Waals surface area contributed by atoms with Crippen LogP contribution in [0.15, 0.2) is 46.2 Å². The van der Waals surface area contributed by atoms with Gasteiger partial charge in [-0.2, -0.15) is 5.10 Å². The van der Waals surface area contributed by atoms with Crippen molar-refractivity contribution in [3.05, 3.63) is 52.3 Å². The number of hydrazone groups is 1. The lowest BCUT2D eigenvalue weighted by atomic mass is 10.2. The van der Waals surface area contributed by atoms with E-state index in [9.17, 15) is 9.90 Å². The van der Waals surface area contributed by atoms with Crippen LogP contribution in [0.5, 0.6) is 11.5 Å². The molecule has 1 amide bonds. The number of nitrogens with one attached hydrogen (secondary N) is 1. The predicted octanol–water partition coefficient (Wildman–Crippen LogP) is 2.02. The van der Waals surface area contributed by atoms with E-state index >= 15 is 0 Å². The van der Waals surface area contributed by atoms with E-state index in [2.05, 4.69) is 31.4 Å². The van der Waals surface area contributed by atoms with E-state index in [1.807, 2.05) is 0 Å². The average Bonchev–Trinajstić information content (AvgIpc) is 2.42. The van der Waals surface area contributed by atoms with Gasteiger partial charge in [-0.05, 0) is 45.8 Å². The lowest BCUT2D eigenvalue weighted by Gasteiger charge is -2.00. The Labute approximate surface area is 122 Å². The minimum Gasteiger partial charge on any atom is -0.504 e. The van der Waals surface area contributed by atoms with Crippen LogP contribution < -0.4 is 5.43 Å². The number of amides is 1. The molecule has 0 atom stereocenters. The third-order valence-corrected chi connectivity index (χ3v) is 2.78. The third kappa shape index (κ3) is 3.55. The Morgan fingerprint density at radius 3 is 2.75 bits per heavy atom. The number of phenols is 2. The van der Waals surface area contributed by atoms with E-state index in [1.165, 1.54) is 24.5 Å². The van der Waals surface area contributed by atoms with Crippen LogP contribution in [0.2, 0.25) is 0 Å². The molecule has 0 spiro atoms. The maximum atomic E-state index is 11.7. The molecule has 2 aromatic rings. The molecule has 102 valence electrons. The fourth-order valence-corrected chi connectivity index (χ4v) is 1.75. The summed E-state index contributed by atoms with van der Waals surface area (Å²) in [6.07, 6.45) is 4.34. The van der Waals surface area contributed by atoms with Crippen LogP contribution in [0.4, 0.5) is 0 Å². The summed E-state index contributed by atoms with van der Waals surface area (Å²) in [6.45, 7) is 0. The molecule has 0 bridgehead atoms. The Kier molecular flexibility index (Phi) is 4.31. The van der Waals surface area contributed by atoms with Crippen molar-refractivity contribution in [3.63, 3.8) is 0 Å². The smallest absolute Gasteiger partial charge is 0.272 e. The lowest BCUT2D eigenvalue weighted by Crippen LogP contribution is -2.17. The van der Waals surface area contributed by atoms with Crippen LogP contribution in [0, 0.1) is 0 Å². The molecule has 2 rings (SSSR count). The van der Waals surface area contributed by atoms with E-state index < -0.39 is 5.91 Å². The molecule has 1 aromatic carbocycles. The predicted molar refractivity (Wildman–Crippen MR) is 76.8 cm³/mol. The second-order valence-electron chi connectivity index (χ2n) is 3.84. The van der Waals surface area contributed by atoms with Gasteiger partial charge in [-0.25, -0.2) is 5.43 Å². The molecule has 0 saturated heterocycles. The molecular formula is C13H10BrN3O3. The highest BCUT2D eigenvalue weighted by atomic mass is 79.9. The van der Waals surface area contributed by atoms with Gasteiger partial charge in [0.2, 0.25) is 0 Å². The number of phenolic OH excluding ortho intramolecular Hbond substituents is 2. The molecule has 6 nitrogen and oxygen atoms in total. The number of aromatic nitrogens is 1. The fraction of sp³-hybridized carbons (Fsp3) is 0. The Balaban J connectivity index is 2.02. The molecule has 1 heterocycles. The molecule has 20 heavy (non-hydrogen) atoms. The average molecular weight is 336 g/mol. The summed E-state index contributed by atoms with van der Waals surface area (Å²) in [4.78, 5) is 15.6. The molecular weight excluding hydrogens is 326 g/mol. The molecule has 0 saturated carbocycles. The van der Waals surface area contributed by atoms with E-state index in [1.54, 1.807) is 18.3 Å². The number of benzene rings is 1. The second kappa shape index (κ2) is 6.16. The summed E-state index contributed by atoms with van der Waals surface area (Å²) in [6, 6.07) is 5.82. The van der Waals surface area contributed by atoms with Crippen LogP contribution >= 0.6 is 15.9 Å². The highest BCUT2D eigenvalue weighted by Crippen LogP contribution is 2.23. The summed E-state index contributed by atoms with van der Waals surface area (Å²) < 4.78 is 0.692. The van der Waals surface area contributed by atoms with Crippen molar-refractivity contribution >= 4 is 28.1 Å². The first-order chi connectivity index (χ1) is 9.56. The number of hydrogen-bond donors (Lipinski definition) is 3. The molecule has 1 aromatic heterocycles. The van der Waals surface area contributed by atoms with Gasteiger partial charge in [0.1, 0.15) is 0 Å². The number of halogens is 1. The Hall–Kier alpha value is -2.41. The topological polar surface area (TPSA) is 94.8 Å². The van der Waals surface area contributed by atoms with Gasteiger partial charge >= 0.3 is 0 Å². The van der Waals surface area contributed by atoms with E-state index in [0.717, 1.165) is 0 Å². The number of hydrogen-bond acceptors (Lipinski definition) is 5. The summed E-state index contributed by atoms with van der Waals surface area (Å²) >= 11 is 3.22. The Morgan fingerprint density at radius 1 is 1.25 bits per heavy atom. The number of carbonyl (C=O) groups is 1. The zero-order valence-corrected chi connectivity index (χ0v) is 11.7. The van der Waals surface area contributed by atoms with Crippen molar-refractivity contribution in [3.8, 4) is 11.5 Å². The van der Waals surface area contributed by atoms with Gasteiger partial charge in [-0.3, -0.25) is 9.78 Å². The number of nitrogens with zero attached hydrogens (tertiary/aromatic N) is 2. The first kappa shape index (κ1) is 14.0. The minimum absolute atomic E-state index is 0.216. The molecule has 0 aliphatic rings. The van der Waals surface area contributed by atoms with Crippen LogP contribution in [0.1, 0.15) is 15.9 Å². The van der Waals surface area contributed by atoms with Crippen molar-refractivity contribution in [2.24, 2.45) is 5.10 Å². The zero-order chi connectivity index (χ0) is 14.5. The van der Waals surface area contributed by atoms with Gasteiger partial charge in [0.15, 0.2) is 11.5 Å². The van der Waals surface area contributed by atoms with E-state index in [0.29, 0.717) is 15.6 Å². The van der Waals surface area contributed by atoms with E-state index in [4.69, 9.17) is 5.11 Å². The summed E-state index contributed by atoms with van der Waals surface area (Å²) in [5, 5.41) is 22.2. The van der Waals surface area contributed by atoms with Gasteiger partial charge in [0, 0.05) is 16.9 Å². The van der Waals surface area contributed by atoms with Gasteiger partial charge < -0.3 is 10.2 Å². The Morgan fingerprint density at radius 2 is 2.05 bits per heavy atom. The van der Waals surface area contributed by atoms with E-state index in [-0.39, 0.29) is 11.5 Å². The van der Waals surface area contributed by atoms with Crippen molar-refractivity contribution in [1.29, 1.82) is 0 Å². The molecule has 0 radical (unpaired) electrons. The standard InChI is InChI=1S/C13H10BrN3O3/c14-10-4-9(6-15-7-10)13(20)17-16-5-8-1-2-11(18)12(19)3-8/h1-7,18-19H,(H,17,20). The van der Waals surface area contributed by atoms with Crippen LogP contribution in [0.3, 0.4) is 0 Å². The first-order valence-corrected chi connectivity index (χ1v) is 6.31. The fourth-order valence-electron chi connectivity index (χ4n) is 1.39. The van der Waals surface area contributed by atoms with Gasteiger partial charge in [0.25, 0.3) is 5.91 Å². The maximum absolute atomic E-state index is 11.7. The summed E-state index contributed by atoms with van der Waals surface area (Å²) in [7, 11) is 0. The van der Waals surface area contributed by atoms with Crippen molar-refractivity contribution < 1.29 is 15.0 Å². The van der Waals surface area contributed by atoms with Gasteiger partial charge in [-0.1, -0.05) is 0 Å². The van der Waals surface area contributed by atoms with Gasteiger partial charge in [0.05, 0.1) is 11.8 Å². The summed E-state index contributed by atoms with van der Waals surface area (Å²) in [5.74, 6) is -0.874. The van der Waals surface area contributed by atoms with Crippen molar-refractivity contribution in [2.45, 2.75) is 0 Å². The highest BCUT2D eigenvalue weighted by molar-refractivity contribution is 9.10. The monoisotopic (exact) mass is 335 g/mol. The molecule has 7 heteroatoms. The number of carbonyl (C=O) groups excluding carboxylic acids is 1. The molecule has 0 fully saturated rings. The largest absolute Gasteiger partial charge is 0.504 e. The first-order valence-electron chi connectivity index (χ1n) is 5.52. The van der Waals surface area contributed by atoms with Crippen LogP contribution in [-0.4, -0.2) is 27.3 Å². The maximum Gasteiger partial charge on any atom is 0.272 e. The molecule has 0 unspecified atom stereocenters. The highest BCUT2D eigenvalue weighted by Gasteiger charge is 2.04. The Bertz CT molecular complexity index is 674. The normalized spacial score (nSPS) is 10.7. The van der Waals surface area contributed by atoms with Crippen molar-refractivity contribution in [1.82, 2.24) is 10.4 Å². The lowest BCUT2D eigenvalue weighted by molar-refractivity contribution is 0.0954. The van der Waals surface area contributed by atoms with Crippen molar-refractivity contribution in [2.75, 3.05) is 0 Å². The van der Waals surface area contributed by atoms with Crippen LogP contribution in [-0.2, 0) is 0 Å². The number of aromatic hydroxyl groups is 2. The molecule has 0 aliphatic heterocycles. The van der Waals surface area contributed by atoms with Gasteiger partial charge in [-0.15, -0.1) is 0 Å². The van der Waals surface area contributed by atoms with Crippen LogP contribution in [0.25, 0.3) is 0 Å². The zero-order valence-electron chi connectivity index (χ0n) is 10.1. The number of rotatable bonds is 3. The minimum atomic E-state index is -0.405. The SMILES string of the molecule is O=C(NN=Cc1ccc(O)c(O)c1)c1cncc(Br)c1. The second-order valence-corrected chi connectivity index (χ2v) is 4.75. The molecule has 3 N–H and O–H groups in total. The quantitative estimate of drug-likeness (QED) is 0.454.